The predicted molar refractivity (Wildman–Crippen MR) is 106 cm³/mol. The Morgan fingerprint density at radius 1 is 1.08 bits per heavy atom. The van der Waals surface area contributed by atoms with Gasteiger partial charge in [0.05, 0.1) is 32.0 Å². The number of ether oxygens (including phenoxy) is 2. The van der Waals surface area contributed by atoms with E-state index in [0.717, 1.165) is 16.8 Å². The van der Waals surface area contributed by atoms with Crippen LogP contribution in [0.1, 0.15) is 5.56 Å². The van der Waals surface area contributed by atoms with Gasteiger partial charge in [0, 0.05) is 10.9 Å². The van der Waals surface area contributed by atoms with E-state index in [4.69, 9.17) is 15.2 Å². The number of benzene rings is 2. The maximum atomic E-state index is 6.01. The van der Waals surface area contributed by atoms with E-state index in [9.17, 15) is 0 Å². The lowest BCUT2D eigenvalue weighted by atomic mass is 10.2. The van der Waals surface area contributed by atoms with E-state index in [0.29, 0.717) is 23.2 Å². The Kier molecular flexibility index (Phi) is 5.70. The van der Waals surface area contributed by atoms with Crippen molar-refractivity contribution in [2.24, 2.45) is 10.7 Å². The van der Waals surface area contributed by atoms with Gasteiger partial charge in [-0.15, -0.1) is 11.3 Å². The van der Waals surface area contributed by atoms with Gasteiger partial charge in [0.25, 0.3) is 0 Å². The third kappa shape index (κ3) is 4.12. The van der Waals surface area contributed by atoms with Gasteiger partial charge in [0.1, 0.15) is 11.5 Å². The van der Waals surface area contributed by atoms with E-state index >= 15 is 0 Å². The molecule has 0 radical (unpaired) electrons. The molecule has 0 saturated heterocycles. The van der Waals surface area contributed by atoms with Crippen molar-refractivity contribution in [3.63, 3.8) is 0 Å². The van der Waals surface area contributed by atoms with E-state index < -0.39 is 0 Å². The van der Waals surface area contributed by atoms with Crippen molar-refractivity contribution in [2.75, 3.05) is 19.5 Å². The summed E-state index contributed by atoms with van der Waals surface area (Å²) in [5, 5.41) is 5.70. The highest BCUT2D eigenvalue weighted by Crippen LogP contribution is 2.29. The summed E-state index contributed by atoms with van der Waals surface area (Å²) < 4.78 is 10.7. The fourth-order valence-corrected chi connectivity index (χ4v) is 3.20. The molecule has 6 nitrogen and oxygen atoms in total. The van der Waals surface area contributed by atoms with Crippen molar-refractivity contribution in [3.8, 4) is 22.8 Å². The van der Waals surface area contributed by atoms with E-state index in [1.807, 2.05) is 53.9 Å². The van der Waals surface area contributed by atoms with E-state index in [2.05, 4.69) is 15.3 Å². The topological polar surface area (TPSA) is 81.8 Å². The van der Waals surface area contributed by atoms with E-state index in [1.165, 1.54) is 11.3 Å². The monoisotopic (exact) mass is 368 g/mol. The van der Waals surface area contributed by atoms with Crippen LogP contribution in [0.2, 0.25) is 0 Å². The van der Waals surface area contributed by atoms with Gasteiger partial charge in [-0.3, -0.25) is 0 Å². The third-order valence-corrected chi connectivity index (χ3v) is 4.50. The zero-order valence-corrected chi connectivity index (χ0v) is 15.4. The number of thiazole rings is 1. The Bertz CT molecular complexity index is 871. The molecular formula is C19H20N4O2S. The highest BCUT2D eigenvalue weighted by Gasteiger charge is 2.10. The number of hydrogen-bond acceptors (Lipinski definition) is 5. The highest BCUT2D eigenvalue weighted by molar-refractivity contribution is 7.14. The van der Waals surface area contributed by atoms with Crippen molar-refractivity contribution >= 4 is 22.4 Å². The molecule has 3 rings (SSSR count). The Balaban J connectivity index is 1.71. The molecule has 0 atom stereocenters. The van der Waals surface area contributed by atoms with E-state index in [-0.39, 0.29) is 5.96 Å². The highest BCUT2D eigenvalue weighted by atomic mass is 32.1. The Morgan fingerprint density at radius 3 is 2.42 bits per heavy atom. The number of nitrogens with one attached hydrogen (secondary N) is 1. The van der Waals surface area contributed by atoms with Crippen molar-refractivity contribution < 1.29 is 9.47 Å². The van der Waals surface area contributed by atoms with Gasteiger partial charge >= 0.3 is 0 Å². The van der Waals surface area contributed by atoms with Crippen LogP contribution in [0, 0.1) is 0 Å². The fraction of sp³-hybridized carbons (Fsp3) is 0.158. The minimum absolute atomic E-state index is 0.284. The van der Waals surface area contributed by atoms with Gasteiger partial charge in [0.15, 0.2) is 11.1 Å². The predicted octanol–water partition coefficient (Wildman–Crippen LogP) is 3.75. The van der Waals surface area contributed by atoms with Crippen molar-refractivity contribution in [3.05, 3.63) is 59.5 Å². The minimum Gasteiger partial charge on any atom is -0.496 e. The number of nitrogens with zero attached hydrogens (tertiary/aromatic N) is 2. The molecule has 0 aliphatic heterocycles. The maximum absolute atomic E-state index is 6.01. The second-order valence-electron chi connectivity index (χ2n) is 5.37. The first kappa shape index (κ1) is 17.8. The summed E-state index contributed by atoms with van der Waals surface area (Å²) in [5.41, 5.74) is 8.81. The SMILES string of the molecule is COc1cccc(OC)c1CN=C(N)Nc1nc(-c2ccccc2)cs1. The molecule has 0 saturated carbocycles. The summed E-state index contributed by atoms with van der Waals surface area (Å²) in [6.07, 6.45) is 0. The first-order valence-electron chi connectivity index (χ1n) is 7.99. The molecule has 134 valence electrons. The molecule has 2 aromatic carbocycles. The number of nitrogens with two attached hydrogens (primary N) is 1. The molecule has 1 aromatic heterocycles. The summed E-state index contributed by atoms with van der Waals surface area (Å²) in [5.74, 6) is 1.70. The normalized spacial score (nSPS) is 11.2. The zero-order valence-electron chi connectivity index (χ0n) is 14.6. The molecule has 0 aliphatic rings. The molecule has 1 heterocycles. The number of guanidine groups is 1. The van der Waals surface area contributed by atoms with Gasteiger partial charge in [-0.1, -0.05) is 36.4 Å². The second kappa shape index (κ2) is 8.35. The van der Waals surface area contributed by atoms with Crippen LogP contribution in [-0.4, -0.2) is 25.2 Å². The molecule has 3 aromatic rings. The summed E-state index contributed by atoms with van der Waals surface area (Å²) in [4.78, 5) is 8.92. The minimum atomic E-state index is 0.284. The Labute approximate surface area is 156 Å². The fourth-order valence-electron chi connectivity index (χ4n) is 2.47. The Hall–Kier alpha value is -3.06. The maximum Gasteiger partial charge on any atom is 0.195 e. The van der Waals surface area contributed by atoms with Crippen molar-refractivity contribution in [2.45, 2.75) is 6.54 Å². The zero-order chi connectivity index (χ0) is 18.4. The lowest BCUT2D eigenvalue weighted by molar-refractivity contribution is 0.385. The van der Waals surface area contributed by atoms with Gasteiger partial charge in [-0.2, -0.15) is 0 Å². The van der Waals surface area contributed by atoms with Crippen LogP contribution in [0.25, 0.3) is 11.3 Å². The van der Waals surface area contributed by atoms with Gasteiger partial charge < -0.3 is 20.5 Å². The molecular weight excluding hydrogens is 348 g/mol. The number of methoxy groups -OCH3 is 2. The molecule has 7 heteroatoms. The van der Waals surface area contributed by atoms with Crippen LogP contribution in [0.15, 0.2) is 58.9 Å². The molecule has 0 unspecified atom stereocenters. The van der Waals surface area contributed by atoms with Crippen LogP contribution in [-0.2, 0) is 6.54 Å². The first-order chi connectivity index (χ1) is 12.7. The molecule has 0 amide bonds. The van der Waals surface area contributed by atoms with Crippen molar-refractivity contribution in [1.29, 1.82) is 0 Å². The number of hydrogen-bond donors (Lipinski definition) is 2. The summed E-state index contributed by atoms with van der Waals surface area (Å²) in [7, 11) is 3.23. The number of aliphatic imine (C=N–C) groups is 1. The Morgan fingerprint density at radius 2 is 1.77 bits per heavy atom. The van der Waals surface area contributed by atoms with Gasteiger partial charge in [-0.05, 0) is 12.1 Å². The summed E-state index contributed by atoms with van der Waals surface area (Å²) in [6, 6.07) is 15.6. The molecule has 0 bridgehead atoms. The molecule has 0 spiro atoms. The third-order valence-electron chi connectivity index (χ3n) is 3.75. The van der Waals surface area contributed by atoms with Crippen LogP contribution in [0.5, 0.6) is 11.5 Å². The standard InChI is InChI=1S/C19H20N4O2S/c1-24-16-9-6-10-17(25-2)14(16)11-21-18(20)23-19-22-15(12-26-19)13-7-4-3-5-8-13/h3-10,12H,11H2,1-2H3,(H3,20,21,22,23). The average Bonchev–Trinajstić information content (AvgIpc) is 3.15. The number of rotatable bonds is 6. The smallest absolute Gasteiger partial charge is 0.195 e. The average molecular weight is 368 g/mol. The number of anilines is 1. The first-order valence-corrected chi connectivity index (χ1v) is 8.87. The van der Waals surface area contributed by atoms with Crippen molar-refractivity contribution in [1.82, 2.24) is 4.98 Å². The van der Waals surface area contributed by atoms with Crippen LogP contribution < -0.4 is 20.5 Å². The molecule has 0 fully saturated rings. The summed E-state index contributed by atoms with van der Waals surface area (Å²) >= 11 is 1.48. The van der Waals surface area contributed by atoms with Crippen LogP contribution >= 0.6 is 11.3 Å². The molecule has 3 N–H and O–H groups in total. The second-order valence-corrected chi connectivity index (χ2v) is 6.23. The molecule has 0 aliphatic carbocycles. The lowest BCUT2D eigenvalue weighted by Crippen LogP contribution is -2.22. The van der Waals surface area contributed by atoms with Crippen LogP contribution in [0.4, 0.5) is 5.13 Å². The summed E-state index contributed by atoms with van der Waals surface area (Å²) in [6.45, 7) is 0.336. The lowest BCUT2D eigenvalue weighted by Gasteiger charge is -2.11. The largest absolute Gasteiger partial charge is 0.496 e. The van der Waals surface area contributed by atoms with Gasteiger partial charge in [0.2, 0.25) is 0 Å². The quantitative estimate of drug-likeness (QED) is 0.511. The molecule has 26 heavy (non-hydrogen) atoms. The van der Waals surface area contributed by atoms with E-state index in [1.54, 1.807) is 14.2 Å². The van der Waals surface area contributed by atoms with Crippen LogP contribution in [0.3, 0.4) is 0 Å². The number of aromatic nitrogens is 1. The van der Waals surface area contributed by atoms with Gasteiger partial charge in [-0.25, -0.2) is 9.98 Å².